The van der Waals surface area contributed by atoms with Crippen molar-refractivity contribution in [3.63, 3.8) is 0 Å². The zero-order valence-electron chi connectivity index (χ0n) is 10.7. The normalized spacial score (nSPS) is 29.7. The van der Waals surface area contributed by atoms with Crippen LogP contribution in [0.4, 0.5) is 10.1 Å². The van der Waals surface area contributed by atoms with Crippen molar-refractivity contribution >= 4 is 21.6 Å². The van der Waals surface area contributed by atoms with Gasteiger partial charge < -0.3 is 4.74 Å². The Morgan fingerprint density at radius 2 is 2.32 bits per heavy atom. The summed E-state index contributed by atoms with van der Waals surface area (Å²) in [4.78, 5) is 10.6. The molecule has 2 rings (SSSR count). The number of benzene rings is 1. The smallest absolute Gasteiger partial charge is 0.313 e. The highest BCUT2D eigenvalue weighted by Crippen LogP contribution is 2.50. The Kier molecular flexibility index (Phi) is 3.80. The van der Waals surface area contributed by atoms with E-state index in [1.54, 1.807) is 0 Å². The molecule has 0 spiro atoms. The van der Waals surface area contributed by atoms with Gasteiger partial charge in [0.25, 0.3) is 0 Å². The summed E-state index contributed by atoms with van der Waals surface area (Å²) in [6, 6.07) is 3.39. The van der Waals surface area contributed by atoms with Gasteiger partial charge in [0.15, 0.2) is 5.75 Å². The molecule has 3 unspecified atom stereocenters. The average Bonchev–Trinajstić information content (AvgIpc) is 2.38. The van der Waals surface area contributed by atoms with E-state index < -0.39 is 10.7 Å². The standard InChI is InChI=1S/C13H15BrFNO3/c1-3-13(2)11(14)7-12(13)19-10-5-4-8(15)6-9(10)16(17)18/h4-6,11-12H,3,7H2,1-2H3. The van der Waals surface area contributed by atoms with E-state index in [0.717, 1.165) is 18.9 Å². The fourth-order valence-electron chi connectivity index (χ4n) is 2.29. The van der Waals surface area contributed by atoms with Gasteiger partial charge in [0.2, 0.25) is 0 Å². The number of rotatable bonds is 4. The molecule has 0 aromatic heterocycles. The summed E-state index contributed by atoms with van der Waals surface area (Å²) in [5.74, 6) is -0.500. The molecule has 3 atom stereocenters. The van der Waals surface area contributed by atoms with E-state index in [1.165, 1.54) is 12.1 Å². The molecular formula is C13H15BrFNO3. The van der Waals surface area contributed by atoms with Crippen LogP contribution in [0.5, 0.6) is 5.75 Å². The second-order valence-electron chi connectivity index (χ2n) is 5.04. The van der Waals surface area contributed by atoms with Crippen LogP contribution in [0, 0.1) is 21.3 Å². The Morgan fingerprint density at radius 1 is 1.63 bits per heavy atom. The van der Waals surface area contributed by atoms with E-state index in [0.29, 0.717) is 4.83 Å². The summed E-state index contributed by atoms with van der Waals surface area (Å²) in [7, 11) is 0. The number of nitro benzene ring substituents is 1. The summed E-state index contributed by atoms with van der Waals surface area (Å²) in [5.41, 5.74) is -0.376. The van der Waals surface area contributed by atoms with E-state index >= 15 is 0 Å². The first-order chi connectivity index (χ1) is 8.88. The first-order valence-corrected chi connectivity index (χ1v) is 7.04. The number of hydrogen-bond donors (Lipinski definition) is 0. The second-order valence-corrected chi connectivity index (χ2v) is 6.14. The third kappa shape index (κ3) is 2.45. The highest BCUT2D eigenvalue weighted by Gasteiger charge is 2.51. The molecule has 0 aliphatic heterocycles. The number of ether oxygens (including phenoxy) is 1. The van der Waals surface area contributed by atoms with E-state index in [-0.39, 0.29) is 23.0 Å². The molecule has 0 bridgehead atoms. The van der Waals surface area contributed by atoms with Gasteiger partial charge in [0.05, 0.1) is 11.0 Å². The molecule has 1 fully saturated rings. The van der Waals surface area contributed by atoms with Gasteiger partial charge in [-0.15, -0.1) is 0 Å². The molecule has 1 aliphatic rings. The third-order valence-electron chi connectivity index (χ3n) is 4.02. The maximum Gasteiger partial charge on any atom is 0.313 e. The van der Waals surface area contributed by atoms with Crippen molar-refractivity contribution in [1.82, 2.24) is 0 Å². The molecule has 6 heteroatoms. The lowest BCUT2D eigenvalue weighted by molar-refractivity contribution is -0.386. The molecular weight excluding hydrogens is 317 g/mol. The minimum atomic E-state index is -0.635. The fourth-order valence-corrected chi connectivity index (χ4v) is 3.24. The summed E-state index contributed by atoms with van der Waals surface area (Å²) in [6.45, 7) is 4.14. The third-order valence-corrected chi connectivity index (χ3v) is 5.44. The fraction of sp³-hybridized carbons (Fsp3) is 0.538. The predicted molar refractivity (Wildman–Crippen MR) is 73.2 cm³/mol. The van der Waals surface area contributed by atoms with Gasteiger partial charge in [-0.25, -0.2) is 4.39 Å². The van der Waals surface area contributed by atoms with Crippen LogP contribution in [0.3, 0.4) is 0 Å². The van der Waals surface area contributed by atoms with Crippen LogP contribution < -0.4 is 4.74 Å². The molecule has 0 radical (unpaired) electrons. The highest BCUT2D eigenvalue weighted by molar-refractivity contribution is 9.09. The molecule has 1 aliphatic carbocycles. The van der Waals surface area contributed by atoms with E-state index in [4.69, 9.17) is 4.74 Å². The maximum absolute atomic E-state index is 13.1. The zero-order valence-corrected chi connectivity index (χ0v) is 12.3. The number of hydrogen-bond acceptors (Lipinski definition) is 3. The van der Waals surface area contributed by atoms with Gasteiger partial charge in [-0.05, 0) is 25.0 Å². The van der Waals surface area contributed by atoms with Gasteiger partial charge >= 0.3 is 5.69 Å². The summed E-state index contributed by atoms with van der Waals surface area (Å²) in [6.07, 6.45) is 1.60. The van der Waals surface area contributed by atoms with Gasteiger partial charge in [-0.2, -0.15) is 0 Å². The van der Waals surface area contributed by atoms with Crippen molar-refractivity contribution < 1.29 is 14.1 Å². The van der Waals surface area contributed by atoms with Crippen molar-refractivity contribution in [3.8, 4) is 5.75 Å². The molecule has 0 N–H and O–H groups in total. The van der Waals surface area contributed by atoms with Crippen molar-refractivity contribution in [2.45, 2.75) is 37.6 Å². The second kappa shape index (κ2) is 5.07. The molecule has 1 aromatic carbocycles. The summed E-state index contributed by atoms with van der Waals surface area (Å²) in [5, 5.41) is 10.9. The number of nitrogens with zero attached hydrogens (tertiary/aromatic N) is 1. The zero-order chi connectivity index (χ0) is 14.2. The van der Waals surface area contributed by atoms with Crippen molar-refractivity contribution in [3.05, 3.63) is 34.1 Å². The minimum Gasteiger partial charge on any atom is -0.483 e. The van der Waals surface area contributed by atoms with Gasteiger partial charge in [-0.3, -0.25) is 10.1 Å². The Bertz CT molecular complexity index is 511. The van der Waals surface area contributed by atoms with Crippen LogP contribution in [0.2, 0.25) is 0 Å². The molecule has 0 saturated heterocycles. The highest BCUT2D eigenvalue weighted by atomic mass is 79.9. The lowest BCUT2D eigenvalue weighted by Crippen LogP contribution is -2.54. The van der Waals surface area contributed by atoms with Gasteiger partial charge in [0, 0.05) is 10.2 Å². The van der Waals surface area contributed by atoms with E-state index in [2.05, 4.69) is 29.8 Å². The van der Waals surface area contributed by atoms with Crippen LogP contribution >= 0.6 is 15.9 Å². The van der Waals surface area contributed by atoms with Crippen LogP contribution in [-0.4, -0.2) is 15.9 Å². The lowest BCUT2D eigenvalue weighted by Gasteiger charge is -2.50. The summed E-state index contributed by atoms with van der Waals surface area (Å²) < 4.78 is 18.8. The SMILES string of the molecule is CCC1(C)C(Br)CC1Oc1ccc(F)cc1[N+](=O)[O-]. The number of halogens is 2. The predicted octanol–water partition coefficient (Wildman–Crippen LogP) is 4.06. The Labute approximate surface area is 119 Å². The van der Waals surface area contributed by atoms with Crippen molar-refractivity contribution in [2.24, 2.45) is 5.41 Å². The first kappa shape index (κ1) is 14.2. The molecule has 1 saturated carbocycles. The first-order valence-electron chi connectivity index (χ1n) is 6.13. The van der Waals surface area contributed by atoms with E-state index in [9.17, 15) is 14.5 Å². The van der Waals surface area contributed by atoms with Crippen LogP contribution in [0.1, 0.15) is 26.7 Å². The van der Waals surface area contributed by atoms with Crippen LogP contribution in [-0.2, 0) is 0 Å². The Morgan fingerprint density at radius 3 is 2.84 bits per heavy atom. The monoisotopic (exact) mass is 331 g/mol. The Hall–Kier alpha value is -1.17. The number of alkyl halides is 1. The van der Waals surface area contributed by atoms with Crippen LogP contribution in [0.15, 0.2) is 18.2 Å². The quantitative estimate of drug-likeness (QED) is 0.474. The Balaban J connectivity index is 2.23. The largest absolute Gasteiger partial charge is 0.483 e. The minimum absolute atomic E-state index is 0.0533. The summed E-state index contributed by atoms with van der Waals surface area (Å²) >= 11 is 3.58. The molecule has 19 heavy (non-hydrogen) atoms. The molecule has 0 heterocycles. The lowest BCUT2D eigenvalue weighted by atomic mass is 9.65. The number of nitro groups is 1. The van der Waals surface area contributed by atoms with Crippen LogP contribution in [0.25, 0.3) is 0 Å². The van der Waals surface area contributed by atoms with E-state index in [1.807, 2.05) is 0 Å². The molecule has 1 aromatic rings. The average molecular weight is 332 g/mol. The maximum atomic E-state index is 13.1. The molecule has 4 nitrogen and oxygen atoms in total. The van der Waals surface area contributed by atoms with Gasteiger partial charge in [0.1, 0.15) is 11.9 Å². The van der Waals surface area contributed by atoms with Crippen molar-refractivity contribution in [2.75, 3.05) is 0 Å². The molecule has 104 valence electrons. The molecule has 0 amide bonds. The van der Waals surface area contributed by atoms with Crippen molar-refractivity contribution in [1.29, 1.82) is 0 Å². The van der Waals surface area contributed by atoms with Gasteiger partial charge in [-0.1, -0.05) is 29.8 Å². The topological polar surface area (TPSA) is 52.4 Å².